The maximum Gasteiger partial charge on any atom is 0.191 e. The number of hydrogen-bond donors (Lipinski definition) is 0. The summed E-state index contributed by atoms with van der Waals surface area (Å²) in [7, 11) is 0. The van der Waals surface area contributed by atoms with Gasteiger partial charge in [-0.25, -0.2) is 0 Å². The van der Waals surface area contributed by atoms with Crippen LogP contribution in [0.2, 0.25) is 0 Å². The SMILES string of the molecule is CCSC(=O)C[C@H]1CC(=O)C[C@H](c2ccccc2)O1. The second-order valence-corrected chi connectivity index (χ2v) is 5.93. The van der Waals surface area contributed by atoms with Crippen molar-refractivity contribution in [3.63, 3.8) is 0 Å². The van der Waals surface area contributed by atoms with E-state index in [4.69, 9.17) is 4.74 Å². The summed E-state index contributed by atoms with van der Waals surface area (Å²) in [6.45, 7) is 1.95. The number of rotatable bonds is 4. The molecule has 0 bridgehead atoms. The van der Waals surface area contributed by atoms with Crippen molar-refractivity contribution in [2.45, 2.75) is 38.4 Å². The Kier molecular flexibility index (Phi) is 5.16. The van der Waals surface area contributed by atoms with E-state index in [0.717, 1.165) is 11.3 Å². The van der Waals surface area contributed by atoms with E-state index >= 15 is 0 Å². The van der Waals surface area contributed by atoms with Crippen LogP contribution in [0.4, 0.5) is 0 Å². The van der Waals surface area contributed by atoms with Crippen LogP contribution in [0.15, 0.2) is 30.3 Å². The van der Waals surface area contributed by atoms with Gasteiger partial charge < -0.3 is 4.74 Å². The van der Waals surface area contributed by atoms with E-state index < -0.39 is 0 Å². The lowest BCUT2D eigenvalue weighted by Crippen LogP contribution is -2.29. The molecule has 2 atom stereocenters. The van der Waals surface area contributed by atoms with Crippen molar-refractivity contribution in [1.82, 2.24) is 0 Å². The molecular weight excluding hydrogens is 260 g/mol. The molecule has 2 rings (SSSR count). The Labute approximate surface area is 117 Å². The van der Waals surface area contributed by atoms with Crippen molar-refractivity contribution in [1.29, 1.82) is 0 Å². The number of carbonyl (C=O) groups is 2. The number of thioether (sulfide) groups is 1. The molecule has 0 N–H and O–H groups in total. The van der Waals surface area contributed by atoms with Gasteiger partial charge in [0.25, 0.3) is 0 Å². The molecule has 0 spiro atoms. The third kappa shape index (κ3) is 4.18. The lowest BCUT2D eigenvalue weighted by atomic mass is 9.96. The fraction of sp³-hybridized carbons (Fsp3) is 0.467. The second kappa shape index (κ2) is 6.87. The first-order valence-corrected chi connectivity index (χ1v) is 7.55. The van der Waals surface area contributed by atoms with Gasteiger partial charge in [-0.3, -0.25) is 9.59 Å². The standard InChI is InChI=1S/C15H18O3S/c1-2-19-15(17)10-13-8-12(16)9-14(18-13)11-6-4-3-5-7-11/h3-7,13-14H,2,8-10H2,1H3/t13-,14-/m1/s1. The number of hydrogen-bond acceptors (Lipinski definition) is 4. The molecule has 3 nitrogen and oxygen atoms in total. The summed E-state index contributed by atoms with van der Waals surface area (Å²) in [4.78, 5) is 23.4. The third-order valence-electron chi connectivity index (χ3n) is 3.10. The number of Topliss-reactive ketones (excluding diaryl/α,β-unsaturated/α-hetero) is 1. The fourth-order valence-electron chi connectivity index (χ4n) is 2.26. The molecule has 0 unspecified atom stereocenters. The van der Waals surface area contributed by atoms with Crippen molar-refractivity contribution < 1.29 is 14.3 Å². The van der Waals surface area contributed by atoms with Crippen molar-refractivity contribution in [2.75, 3.05) is 5.75 Å². The van der Waals surface area contributed by atoms with Gasteiger partial charge >= 0.3 is 0 Å². The van der Waals surface area contributed by atoms with E-state index in [2.05, 4.69) is 0 Å². The zero-order chi connectivity index (χ0) is 13.7. The van der Waals surface area contributed by atoms with Gasteiger partial charge in [-0.05, 0) is 11.3 Å². The Balaban J connectivity index is 2.00. The number of ether oxygens (including phenoxy) is 1. The Morgan fingerprint density at radius 1 is 1.32 bits per heavy atom. The maximum atomic E-state index is 11.8. The Morgan fingerprint density at radius 3 is 2.74 bits per heavy atom. The average Bonchev–Trinajstić information content (AvgIpc) is 2.39. The molecule has 1 aromatic rings. The van der Waals surface area contributed by atoms with Crippen molar-refractivity contribution in [3.05, 3.63) is 35.9 Å². The monoisotopic (exact) mass is 278 g/mol. The molecule has 1 aliphatic heterocycles. The summed E-state index contributed by atoms with van der Waals surface area (Å²) < 4.78 is 5.90. The largest absolute Gasteiger partial charge is 0.369 e. The van der Waals surface area contributed by atoms with Crippen LogP contribution in [-0.4, -0.2) is 22.8 Å². The quantitative estimate of drug-likeness (QED) is 0.848. The molecule has 1 saturated heterocycles. The van der Waals surface area contributed by atoms with Gasteiger partial charge in [0.15, 0.2) is 5.12 Å². The van der Waals surface area contributed by atoms with Crippen LogP contribution in [0, 0.1) is 0 Å². The molecule has 0 aromatic heterocycles. The third-order valence-corrected chi connectivity index (χ3v) is 3.87. The lowest BCUT2D eigenvalue weighted by Gasteiger charge is -2.29. The molecule has 4 heteroatoms. The summed E-state index contributed by atoms with van der Waals surface area (Å²) in [5.74, 6) is 0.945. The lowest BCUT2D eigenvalue weighted by molar-refractivity contribution is -0.137. The highest BCUT2D eigenvalue weighted by molar-refractivity contribution is 8.13. The van der Waals surface area contributed by atoms with Crippen molar-refractivity contribution in [3.8, 4) is 0 Å². The normalized spacial score (nSPS) is 23.3. The molecular formula is C15H18O3S. The van der Waals surface area contributed by atoms with Crippen LogP contribution < -0.4 is 0 Å². The zero-order valence-electron chi connectivity index (χ0n) is 11.0. The Bertz CT molecular complexity index is 444. The minimum absolute atomic E-state index is 0.106. The van der Waals surface area contributed by atoms with E-state index in [0.29, 0.717) is 19.3 Å². The summed E-state index contributed by atoms with van der Waals surface area (Å²) in [6, 6.07) is 9.73. The zero-order valence-corrected chi connectivity index (χ0v) is 11.8. The predicted molar refractivity (Wildman–Crippen MR) is 76.1 cm³/mol. The molecule has 0 aliphatic carbocycles. The first kappa shape index (κ1) is 14.3. The van der Waals surface area contributed by atoms with Crippen LogP contribution >= 0.6 is 11.8 Å². The smallest absolute Gasteiger partial charge is 0.191 e. The minimum Gasteiger partial charge on any atom is -0.369 e. The van der Waals surface area contributed by atoms with E-state index in [-0.39, 0.29) is 23.1 Å². The van der Waals surface area contributed by atoms with Crippen LogP contribution in [0.3, 0.4) is 0 Å². The number of carbonyl (C=O) groups excluding carboxylic acids is 2. The van der Waals surface area contributed by atoms with Gasteiger partial charge in [0.1, 0.15) is 5.78 Å². The van der Waals surface area contributed by atoms with Crippen molar-refractivity contribution in [2.24, 2.45) is 0 Å². The fourth-order valence-corrected chi connectivity index (χ4v) is 2.89. The summed E-state index contributed by atoms with van der Waals surface area (Å²) in [5.41, 5.74) is 1.01. The highest BCUT2D eigenvalue weighted by Gasteiger charge is 2.30. The number of benzene rings is 1. The van der Waals surface area contributed by atoms with E-state index in [9.17, 15) is 9.59 Å². The van der Waals surface area contributed by atoms with Crippen LogP contribution in [0.5, 0.6) is 0 Å². The summed E-state index contributed by atoms with van der Waals surface area (Å²) in [6.07, 6.45) is 0.632. The van der Waals surface area contributed by atoms with Crippen LogP contribution in [-0.2, 0) is 14.3 Å². The van der Waals surface area contributed by atoms with Gasteiger partial charge in [-0.1, -0.05) is 49.0 Å². The maximum absolute atomic E-state index is 11.8. The van der Waals surface area contributed by atoms with Crippen LogP contribution in [0.1, 0.15) is 37.9 Å². The van der Waals surface area contributed by atoms with Gasteiger partial charge in [0, 0.05) is 19.3 Å². The molecule has 102 valence electrons. The summed E-state index contributed by atoms with van der Waals surface area (Å²) in [5, 5.41) is 0.106. The molecule has 1 fully saturated rings. The Hall–Kier alpha value is -1.13. The number of ketones is 1. The predicted octanol–water partition coefficient (Wildman–Crippen LogP) is 3.15. The molecule has 0 saturated carbocycles. The second-order valence-electron chi connectivity index (χ2n) is 4.61. The molecule has 1 heterocycles. The minimum atomic E-state index is -0.266. The first-order valence-electron chi connectivity index (χ1n) is 6.56. The summed E-state index contributed by atoms with van der Waals surface area (Å²) >= 11 is 1.29. The molecule has 1 aromatic carbocycles. The van der Waals surface area contributed by atoms with Gasteiger partial charge in [0.05, 0.1) is 12.2 Å². The Morgan fingerprint density at radius 2 is 2.05 bits per heavy atom. The van der Waals surface area contributed by atoms with Gasteiger partial charge in [0.2, 0.25) is 0 Å². The molecule has 0 amide bonds. The highest BCUT2D eigenvalue weighted by atomic mass is 32.2. The van der Waals surface area contributed by atoms with Crippen LogP contribution in [0.25, 0.3) is 0 Å². The first-order chi connectivity index (χ1) is 9.19. The van der Waals surface area contributed by atoms with Gasteiger partial charge in [-0.2, -0.15) is 0 Å². The average molecular weight is 278 g/mol. The molecule has 19 heavy (non-hydrogen) atoms. The highest BCUT2D eigenvalue weighted by Crippen LogP contribution is 2.31. The topological polar surface area (TPSA) is 43.4 Å². The van der Waals surface area contributed by atoms with Crippen molar-refractivity contribution >= 4 is 22.7 Å². The molecule has 0 radical (unpaired) electrons. The van der Waals surface area contributed by atoms with E-state index in [1.165, 1.54) is 11.8 Å². The van der Waals surface area contributed by atoms with Gasteiger partial charge in [-0.15, -0.1) is 0 Å². The van der Waals surface area contributed by atoms with E-state index in [1.807, 2.05) is 37.3 Å². The van der Waals surface area contributed by atoms with E-state index in [1.54, 1.807) is 0 Å². The molecule has 1 aliphatic rings.